The van der Waals surface area contributed by atoms with Crippen LogP contribution >= 0.6 is 0 Å². The van der Waals surface area contributed by atoms with Gasteiger partial charge in [0.2, 0.25) is 0 Å². The lowest BCUT2D eigenvalue weighted by Gasteiger charge is -2.42. The van der Waals surface area contributed by atoms with Crippen molar-refractivity contribution < 1.29 is 48.4 Å². The number of carbonyl (C=O) groups excluding carboxylic acids is 1. The number of benzene rings is 1. The van der Waals surface area contributed by atoms with E-state index in [1.54, 1.807) is 18.7 Å². The summed E-state index contributed by atoms with van der Waals surface area (Å²) in [7, 11) is -13.2. The molecule has 34 heavy (non-hydrogen) atoms. The van der Waals surface area contributed by atoms with Crippen LogP contribution in [0, 0.1) is 0 Å². The van der Waals surface area contributed by atoms with Crippen LogP contribution in [-0.2, 0) is 40.5 Å². The zero-order valence-corrected chi connectivity index (χ0v) is 21.6. The normalized spacial score (nSPS) is 17.4. The second-order valence-electron chi connectivity index (χ2n) is 9.09. The molecule has 1 aliphatic heterocycles. The number of fused-ring (bicyclic) bond motifs is 1. The lowest BCUT2D eigenvalue weighted by Crippen LogP contribution is -2.51. The number of rotatable bonds is 10. The molecule has 0 unspecified atom stereocenters. The van der Waals surface area contributed by atoms with Gasteiger partial charge in [0.05, 0.1) is 28.6 Å². The van der Waals surface area contributed by atoms with E-state index in [-0.39, 0.29) is 37.2 Å². The Bertz CT molecular complexity index is 1280. The number of esters is 1. The third-order valence-corrected chi connectivity index (χ3v) is 8.73. The monoisotopic (exact) mass is 543 g/mol. The van der Waals surface area contributed by atoms with Crippen molar-refractivity contribution in [2.45, 2.75) is 56.4 Å². The van der Waals surface area contributed by atoms with Crippen LogP contribution in [0.4, 0.5) is 5.69 Å². The van der Waals surface area contributed by atoms with Crippen LogP contribution in [-0.4, -0.2) is 75.1 Å². The minimum Gasteiger partial charge on any atom is -0.462 e. The molecule has 3 N–H and O–H groups in total. The first-order valence-corrected chi connectivity index (χ1v) is 14.9. The van der Waals surface area contributed by atoms with Gasteiger partial charge in [-0.25, -0.2) is 4.79 Å². The van der Waals surface area contributed by atoms with Crippen molar-refractivity contribution in [2.24, 2.45) is 0 Å². The van der Waals surface area contributed by atoms with Crippen molar-refractivity contribution in [1.29, 1.82) is 0 Å². The Kier molecular flexibility index (Phi) is 7.83. The largest absolute Gasteiger partial charge is 0.462 e. The minimum atomic E-state index is -4.75. The van der Waals surface area contributed by atoms with Gasteiger partial charge < -0.3 is 9.64 Å². The van der Waals surface area contributed by atoms with E-state index in [4.69, 9.17) is 13.8 Å². The van der Waals surface area contributed by atoms with E-state index >= 15 is 0 Å². The number of anilines is 1. The molecule has 1 aromatic carbocycles. The van der Waals surface area contributed by atoms with Gasteiger partial charge in [-0.3, -0.25) is 13.7 Å². The highest BCUT2D eigenvalue weighted by molar-refractivity contribution is 7.86. The fourth-order valence-electron chi connectivity index (χ4n) is 4.01. The molecule has 0 radical (unpaired) electrons. The van der Waals surface area contributed by atoms with E-state index in [1.165, 1.54) is 6.07 Å². The van der Waals surface area contributed by atoms with E-state index < -0.39 is 63.7 Å². The van der Waals surface area contributed by atoms with E-state index in [0.29, 0.717) is 5.56 Å². The van der Waals surface area contributed by atoms with Crippen molar-refractivity contribution >= 4 is 42.0 Å². The molecule has 0 amide bonds. The summed E-state index contributed by atoms with van der Waals surface area (Å²) < 4.78 is 101. The van der Waals surface area contributed by atoms with Gasteiger partial charge in [0.1, 0.15) is 0 Å². The Morgan fingerprint density at radius 3 is 1.94 bits per heavy atom. The quantitative estimate of drug-likeness (QED) is 0.219. The summed E-state index contributed by atoms with van der Waals surface area (Å²) in [5.41, 5.74) is -1.07. The summed E-state index contributed by atoms with van der Waals surface area (Å²) in [6, 6.07) is 2.16. The van der Waals surface area contributed by atoms with Gasteiger partial charge in [-0.15, -0.1) is 0 Å². The van der Waals surface area contributed by atoms with Gasteiger partial charge in [-0.1, -0.05) is 13.8 Å². The van der Waals surface area contributed by atoms with Gasteiger partial charge in [0.15, 0.2) is 0 Å². The summed E-state index contributed by atoms with van der Waals surface area (Å²) in [5, 5.41) is 0. The number of carbonyl (C=O) groups is 1. The molecule has 194 valence electrons. The molecule has 0 atom stereocenters. The first kappa shape index (κ1) is 28.5. The van der Waals surface area contributed by atoms with Crippen molar-refractivity contribution in [3.8, 4) is 0 Å². The summed E-state index contributed by atoms with van der Waals surface area (Å²) >= 11 is 0. The molecule has 0 spiro atoms. The van der Waals surface area contributed by atoms with E-state index in [0.717, 1.165) is 6.07 Å². The highest BCUT2D eigenvalue weighted by atomic mass is 32.2. The highest BCUT2D eigenvalue weighted by Gasteiger charge is 2.52. The predicted molar refractivity (Wildman–Crippen MR) is 123 cm³/mol. The molecule has 12 nitrogen and oxygen atoms in total. The molecule has 1 aliphatic rings. The molecule has 0 bridgehead atoms. The standard InChI is InChI=1S/C19H29NO11S3/c1-18(2)16-14(17(21)31-8-6-10-33(25,26)27)11-13(34(28,29)30)12-15(16)20(19(18,3)4)7-5-9-32(22,23)24/h11-12H,5-10H2,1-4H3,(H,22,23,24)(H,25,26,27)(H,28,29,30). The Labute approximate surface area is 199 Å². The number of hydrogen-bond acceptors (Lipinski definition) is 9. The molecule has 2 rings (SSSR count). The van der Waals surface area contributed by atoms with Crippen LogP contribution in [0.5, 0.6) is 0 Å². The summed E-state index contributed by atoms with van der Waals surface area (Å²) in [4.78, 5) is 14.0. The maximum absolute atomic E-state index is 12.9. The zero-order chi connectivity index (χ0) is 26.3. The number of hydrogen-bond donors (Lipinski definition) is 3. The molecule has 0 fully saturated rings. The Hall–Kier alpha value is -1.78. The Morgan fingerprint density at radius 1 is 0.912 bits per heavy atom. The summed E-state index contributed by atoms with van der Waals surface area (Å²) in [6.07, 6.45) is -0.190. The average molecular weight is 544 g/mol. The van der Waals surface area contributed by atoms with Gasteiger partial charge in [-0.05, 0) is 44.4 Å². The fraction of sp³-hybridized carbons (Fsp3) is 0.632. The van der Waals surface area contributed by atoms with Crippen LogP contribution in [0.25, 0.3) is 0 Å². The van der Waals surface area contributed by atoms with Crippen LogP contribution in [0.2, 0.25) is 0 Å². The molecule has 0 saturated heterocycles. The number of ether oxygens (including phenoxy) is 1. The third kappa shape index (κ3) is 6.26. The molecular weight excluding hydrogens is 514 g/mol. The summed E-state index contributed by atoms with van der Waals surface area (Å²) in [6.45, 7) is 6.95. The van der Waals surface area contributed by atoms with Crippen LogP contribution in [0.1, 0.15) is 56.5 Å². The topological polar surface area (TPSA) is 193 Å². The Morgan fingerprint density at radius 2 is 1.44 bits per heavy atom. The van der Waals surface area contributed by atoms with Crippen molar-refractivity contribution in [3.05, 3.63) is 23.3 Å². The average Bonchev–Trinajstić information content (AvgIpc) is 2.79. The lowest BCUT2D eigenvalue weighted by molar-refractivity contribution is 0.0501. The van der Waals surface area contributed by atoms with Crippen molar-refractivity contribution in [2.75, 3.05) is 29.6 Å². The number of nitrogens with zero attached hydrogens (tertiary/aromatic N) is 1. The molecule has 1 heterocycles. The van der Waals surface area contributed by atoms with Crippen LogP contribution < -0.4 is 4.90 Å². The fourth-order valence-corrected chi connectivity index (χ4v) is 5.52. The van der Waals surface area contributed by atoms with Crippen molar-refractivity contribution in [1.82, 2.24) is 0 Å². The maximum Gasteiger partial charge on any atom is 0.338 e. The highest BCUT2D eigenvalue weighted by Crippen LogP contribution is 2.53. The molecule has 15 heteroatoms. The molecule has 1 aromatic rings. The summed E-state index contributed by atoms with van der Waals surface area (Å²) in [5.74, 6) is -2.12. The molecular formula is C19H29NO11S3. The first-order valence-electron chi connectivity index (χ1n) is 10.2. The predicted octanol–water partition coefficient (Wildman–Crippen LogP) is 1.52. The second-order valence-corrected chi connectivity index (χ2v) is 13.7. The van der Waals surface area contributed by atoms with Crippen molar-refractivity contribution in [3.63, 3.8) is 0 Å². The molecule has 0 aromatic heterocycles. The Balaban J connectivity index is 2.56. The van der Waals surface area contributed by atoms with Gasteiger partial charge in [0, 0.05) is 23.2 Å². The maximum atomic E-state index is 12.9. The van der Waals surface area contributed by atoms with Gasteiger partial charge in [-0.2, -0.15) is 25.3 Å². The zero-order valence-electron chi connectivity index (χ0n) is 19.2. The third-order valence-electron chi connectivity index (χ3n) is 6.29. The first-order chi connectivity index (χ1) is 15.2. The lowest BCUT2D eigenvalue weighted by atomic mass is 9.71. The van der Waals surface area contributed by atoms with Gasteiger partial charge in [0.25, 0.3) is 30.4 Å². The molecule has 0 saturated carbocycles. The van der Waals surface area contributed by atoms with Crippen LogP contribution in [0.15, 0.2) is 17.0 Å². The SMILES string of the molecule is CC1(C)c2c(C(=O)OCCCS(=O)(=O)O)cc(S(=O)(=O)O)cc2N(CCCS(=O)(=O)O)C1(C)C. The smallest absolute Gasteiger partial charge is 0.338 e. The van der Waals surface area contributed by atoms with E-state index in [9.17, 15) is 34.6 Å². The second kappa shape index (κ2) is 9.35. The molecule has 0 aliphatic carbocycles. The minimum absolute atomic E-state index is 0.00327. The van der Waals surface area contributed by atoms with Gasteiger partial charge >= 0.3 is 5.97 Å². The van der Waals surface area contributed by atoms with E-state index in [2.05, 4.69) is 0 Å². The van der Waals surface area contributed by atoms with E-state index in [1.807, 2.05) is 13.8 Å². The van der Waals surface area contributed by atoms with Crippen LogP contribution in [0.3, 0.4) is 0 Å².